The van der Waals surface area contributed by atoms with Crippen molar-refractivity contribution in [2.24, 2.45) is 0 Å². The average molecular weight is 218 g/mol. The smallest absolute Gasteiger partial charge is 0.337 e. The van der Waals surface area contributed by atoms with E-state index in [-0.39, 0.29) is 0 Å². The zero-order valence-corrected chi connectivity index (χ0v) is 8.32. The number of aliphatic hydroxyl groups excluding tert-OH is 1. The van der Waals surface area contributed by atoms with Gasteiger partial charge in [-0.15, -0.1) is 0 Å². The minimum absolute atomic E-state index is 0.358. The molecule has 0 saturated carbocycles. The topological polar surface area (TPSA) is 75.3 Å². The molecule has 1 atom stereocenters. The number of carboxylic acid groups (broad SMARTS) is 1. The first-order valence-corrected chi connectivity index (χ1v) is 4.67. The minimum atomic E-state index is -1.48. The molecule has 16 heavy (non-hydrogen) atoms. The Kier molecular flexibility index (Phi) is 2.70. The van der Waals surface area contributed by atoms with E-state index in [9.17, 15) is 9.90 Å². The number of hydrogen-bond donors (Lipinski definition) is 2. The molecule has 0 spiro atoms. The van der Waals surface area contributed by atoms with Crippen LogP contribution in [0.25, 0.3) is 5.69 Å². The van der Waals surface area contributed by atoms with Crippen LogP contribution in [0.15, 0.2) is 43.0 Å². The van der Waals surface area contributed by atoms with Gasteiger partial charge in [0.05, 0.1) is 6.33 Å². The highest BCUT2D eigenvalue weighted by atomic mass is 16.4. The first-order chi connectivity index (χ1) is 7.68. The van der Waals surface area contributed by atoms with Crippen LogP contribution >= 0.6 is 0 Å². The summed E-state index contributed by atoms with van der Waals surface area (Å²) in [6.45, 7) is 0. The van der Waals surface area contributed by atoms with Crippen molar-refractivity contribution in [3.63, 3.8) is 0 Å². The SMILES string of the molecule is O=C(O)C(O)c1ccc(-n2ccnc2)cc1. The van der Waals surface area contributed by atoms with Gasteiger partial charge in [0.1, 0.15) is 0 Å². The van der Waals surface area contributed by atoms with Gasteiger partial charge >= 0.3 is 5.97 Å². The minimum Gasteiger partial charge on any atom is -0.479 e. The maximum atomic E-state index is 10.5. The number of imidazole rings is 1. The van der Waals surface area contributed by atoms with Crippen molar-refractivity contribution >= 4 is 5.97 Å². The normalized spacial score (nSPS) is 12.3. The van der Waals surface area contributed by atoms with Gasteiger partial charge in [-0.05, 0) is 17.7 Å². The number of aliphatic carboxylic acids is 1. The molecule has 0 bridgehead atoms. The molecule has 0 saturated heterocycles. The molecule has 1 unspecified atom stereocenters. The van der Waals surface area contributed by atoms with Crippen molar-refractivity contribution in [2.45, 2.75) is 6.10 Å². The molecule has 5 nitrogen and oxygen atoms in total. The van der Waals surface area contributed by atoms with Gasteiger partial charge in [0.2, 0.25) is 0 Å². The van der Waals surface area contributed by atoms with Gasteiger partial charge in [-0.3, -0.25) is 0 Å². The van der Waals surface area contributed by atoms with E-state index in [0.29, 0.717) is 5.56 Å². The standard InChI is InChI=1S/C11H10N2O3/c14-10(11(15)16)8-1-3-9(4-2-8)13-6-5-12-7-13/h1-7,10,14H,(H,15,16). The number of aromatic nitrogens is 2. The van der Waals surface area contributed by atoms with Crippen molar-refractivity contribution in [2.75, 3.05) is 0 Å². The number of nitrogens with zero attached hydrogens (tertiary/aromatic N) is 2. The van der Waals surface area contributed by atoms with Gasteiger partial charge in [-0.1, -0.05) is 12.1 Å². The average Bonchev–Trinajstić information content (AvgIpc) is 2.81. The Hall–Kier alpha value is -2.14. The highest BCUT2D eigenvalue weighted by Gasteiger charge is 2.15. The molecule has 2 N–H and O–H groups in total. The van der Waals surface area contributed by atoms with Crippen LogP contribution in [0.3, 0.4) is 0 Å². The van der Waals surface area contributed by atoms with Crippen molar-refractivity contribution < 1.29 is 15.0 Å². The van der Waals surface area contributed by atoms with Crippen molar-refractivity contribution in [3.8, 4) is 5.69 Å². The number of benzene rings is 1. The lowest BCUT2D eigenvalue weighted by molar-refractivity contribution is -0.146. The van der Waals surface area contributed by atoms with Crippen LogP contribution in [-0.2, 0) is 4.79 Å². The summed E-state index contributed by atoms with van der Waals surface area (Å²) in [6.07, 6.45) is 3.60. The molecule has 0 aliphatic heterocycles. The van der Waals surface area contributed by atoms with Gasteiger partial charge < -0.3 is 14.8 Å². The third kappa shape index (κ3) is 1.94. The van der Waals surface area contributed by atoms with E-state index >= 15 is 0 Å². The van der Waals surface area contributed by atoms with Crippen molar-refractivity contribution in [1.82, 2.24) is 9.55 Å². The molecule has 0 aliphatic rings. The summed E-state index contributed by atoms with van der Waals surface area (Å²) in [5, 5.41) is 17.9. The second-order valence-electron chi connectivity index (χ2n) is 3.30. The second kappa shape index (κ2) is 4.16. The summed E-state index contributed by atoms with van der Waals surface area (Å²) >= 11 is 0. The fraction of sp³-hybridized carbons (Fsp3) is 0.0909. The summed E-state index contributed by atoms with van der Waals surface area (Å²) in [6, 6.07) is 6.61. The predicted molar refractivity (Wildman–Crippen MR) is 56.2 cm³/mol. The summed E-state index contributed by atoms with van der Waals surface area (Å²) in [4.78, 5) is 14.5. The molecule has 2 aromatic rings. The Morgan fingerprint density at radius 3 is 2.50 bits per heavy atom. The van der Waals surface area contributed by atoms with Crippen LogP contribution in [-0.4, -0.2) is 25.7 Å². The first-order valence-electron chi connectivity index (χ1n) is 4.67. The Labute approximate surface area is 91.6 Å². The zero-order valence-electron chi connectivity index (χ0n) is 8.32. The van der Waals surface area contributed by atoms with E-state index in [1.165, 1.54) is 0 Å². The Morgan fingerprint density at radius 2 is 2.00 bits per heavy atom. The Bertz CT molecular complexity index is 476. The molecule has 0 fully saturated rings. The summed E-state index contributed by atoms with van der Waals surface area (Å²) in [5.41, 5.74) is 1.22. The van der Waals surface area contributed by atoms with E-state index in [1.807, 2.05) is 0 Å². The van der Waals surface area contributed by atoms with Gasteiger partial charge in [-0.2, -0.15) is 0 Å². The lowest BCUT2D eigenvalue weighted by Gasteiger charge is -2.07. The predicted octanol–water partition coefficient (Wildman–Crippen LogP) is 0.990. The van der Waals surface area contributed by atoms with E-state index in [2.05, 4.69) is 4.98 Å². The molecular formula is C11H10N2O3. The van der Waals surface area contributed by atoms with Crippen LogP contribution in [0, 0.1) is 0 Å². The maximum Gasteiger partial charge on any atom is 0.337 e. The first kappa shape index (κ1) is 10.4. The fourth-order valence-corrected chi connectivity index (χ4v) is 1.38. The van der Waals surface area contributed by atoms with E-state index in [1.54, 1.807) is 47.6 Å². The number of rotatable bonds is 3. The highest BCUT2D eigenvalue weighted by Crippen LogP contribution is 2.15. The van der Waals surface area contributed by atoms with E-state index in [0.717, 1.165) is 5.69 Å². The second-order valence-corrected chi connectivity index (χ2v) is 3.30. The fourth-order valence-electron chi connectivity index (χ4n) is 1.38. The third-order valence-corrected chi connectivity index (χ3v) is 2.25. The molecule has 1 heterocycles. The van der Waals surface area contributed by atoms with Gasteiger partial charge in [0.25, 0.3) is 0 Å². The van der Waals surface area contributed by atoms with E-state index < -0.39 is 12.1 Å². The van der Waals surface area contributed by atoms with Crippen LogP contribution in [0.5, 0.6) is 0 Å². The molecule has 0 aliphatic carbocycles. The van der Waals surface area contributed by atoms with Crippen molar-refractivity contribution in [3.05, 3.63) is 48.5 Å². The highest BCUT2D eigenvalue weighted by molar-refractivity contribution is 5.74. The van der Waals surface area contributed by atoms with Crippen LogP contribution in [0.4, 0.5) is 0 Å². The largest absolute Gasteiger partial charge is 0.479 e. The van der Waals surface area contributed by atoms with E-state index in [4.69, 9.17) is 5.11 Å². The number of carboxylic acids is 1. The number of aliphatic hydroxyl groups is 1. The number of carbonyl (C=O) groups is 1. The monoisotopic (exact) mass is 218 g/mol. The van der Waals surface area contributed by atoms with Crippen LogP contribution < -0.4 is 0 Å². The Morgan fingerprint density at radius 1 is 1.31 bits per heavy atom. The summed E-state index contributed by atoms with van der Waals surface area (Å²) in [5.74, 6) is -1.25. The molecule has 0 amide bonds. The molecular weight excluding hydrogens is 208 g/mol. The van der Waals surface area contributed by atoms with Crippen LogP contribution in [0.1, 0.15) is 11.7 Å². The van der Waals surface area contributed by atoms with Crippen molar-refractivity contribution in [1.29, 1.82) is 0 Å². The van der Waals surface area contributed by atoms with Gasteiger partial charge in [0.15, 0.2) is 6.10 Å². The zero-order chi connectivity index (χ0) is 11.5. The van der Waals surface area contributed by atoms with Gasteiger partial charge in [0, 0.05) is 18.1 Å². The molecule has 5 heteroatoms. The van der Waals surface area contributed by atoms with Gasteiger partial charge in [-0.25, -0.2) is 9.78 Å². The Balaban J connectivity index is 2.26. The summed E-state index contributed by atoms with van der Waals surface area (Å²) < 4.78 is 1.79. The quantitative estimate of drug-likeness (QED) is 0.805. The summed E-state index contributed by atoms with van der Waals surface area (Å²) in [7, 11) is 0. The van der Waals surface area contributed by atoms with Crippen LogP contribution in [0.2, 0.25) is 0 Å². The lowest BCUT2D eigenvalue weighted by atomic mass is 10.1. The molecule has 1 aromatic carbocycles. The molecule has 2 rings (SSSR count). The molecule has 1 aromatic heterocycles. The number of hydrogen-bond acceptors (Lipinski definition) is 3. The lowest BCUT2D eigenvalue weighted by Crippen LogP contribution is -2.10. The molecule has 0 radical (unpaired) electrons. The maximum absolute atomic E-state index is 10.5. The third-order valence-electron chi connectivity index (χ3n) is 2.25. The molecule has 82 valence electrons.